The first-order valence-corrected chi connectivity index (χ1v) is 7.99. The Kier molecular flexibility index (Phi) is 3.95. The fourth-order valence-corrected chi connectivity index (χ4v) is 3.98. The molecule has 120 valence electrons. The lowest BCUT2D eigenvalue weighted by Crippen LogP contribution is -2.51. The zero-order chi connectivity index (χ0) is 15.9. The summed E-state index contributed by atoms with van der Waals surface area (Å²) in [6.45, 7) is 4.13. The number of non-ortho nitro benzene ring substituents is 1. The van der Waals surface area contributed by atoms with Gasteiger partial charge in [0, 0.05) is 24.5 Å². The number of fused-ring (bicyclic) bond motifs is 1. The number of hydrogen-bond acceptors (Lipinski definition) is 4. The number of benzene rings is 1. The lowest BCUT2D eigenvalue weighted by atomic mass is 9.68. The third-order valence-corrected chi connectivity index (χ3v) is 5.27. The number of nitro groups is 1. The first-order chi connectivity index (χ1) is 10.4. The van der Waals surface area contributed by atoms with Gasteiger partial charge in [0.2, 0.25) is 0 Å². The molecular formula is C17H23NO4. The summed E-state index contributed by atoms with van der Waals surface area (Å²) in [5.41, 5.74) is 0.244. The third kappa shape index (κ3) is 2.88. The fourth-order valence-electron chi connectivity index (χ4n) is 3.98. The number of ether oxygens (including phenoxy) is 1. The minimum atomic E-state index is -0.741. The number of nitro benzene ring substituents is 1. The van der Waals surface area contributed by atoms with Gasteiger partial charge in [-0.2, -0.15) is 0 Å². The van der Waals surface area contributed by atoms with Crippen LogP contribution in [-0.2, 0) is 4.74 Å². The van der Waals surface area contributed by atoms with Gasteiger partial charge in [-0.1, -0.05) is 13.3 Å². The van der Waals surface area contributed by atoms with E-state index in [4.69, 9.17) is 4.74 Å². The van der Waals surface area contributed by atoms with Gasteiger partial charge in [0.25, 0.3) is 5.69 Å². The average Bonchev–Trinajstić information content (AvgIpc) is 2.46. The highest BCUT2D eigenvalue weighted by Crippen LogP contribution is 2.47. The molecule has 1 heterocycles. The molecule has 2 fully saturated rings. The summed E-state index contributed by atoms with van der Waals surface area (Å²) in [6, 6.07) is 6.49. The van der Waals surface area contributed by atoms with Gasteiger partial charge in [-0.25, -0.2) is 0 Å². The largest absolute Gasteiger partial charge is 0.390 e. The van der Waals surface area contributed by atoms with E-state index in [0.29, 0.717) is 12.3 Å². The highest BCUT2D eigenvalue weighted by molar-refractivity contribution is 5.34. The zero-order valence-electron chi connectivity index (χ0n) is 13.1. The summed E-state index contributed by atoms with van der Waals surface area (Å²) in [4.78, 5) is 10.3. The molecule has 1 saturated heterocycles. The summed E-state index contributed by atoms with van der Waals surface area (Å²) < 4.78 is 6.25. The Bertz CT molecular complexity index is 554. The fraction of sp³-hybridized carbons (Fsp3) is 0.647. The molecule has 0 aromatic heterocycles. The van der Waals surface area contributed by atoms with Crippen molar-refractivity contribution in [1.82, 2.24) is 0 Å². The van der Waals surface area contributed by atoms with Gasteiger partial charge in [-0.15, -0.1) is 0 Å². The molecule has 1 saturated carbocycles. The number of aliphatic hydroxyl groups is 1. The van der Waals surface area contributed by atoms with Gasteiger partial charge in [-0.05, 0) is 43.4 Å². The van der Waals surface area contributed by atoms with E-state index in [1.54, 1.807) is 12.1 Å². The van der Waals surface area contributed by atoms with Crippen molar-refractivity contribution in [2.75, 3.05) is 0 Å². The number of nitrogens with zero attached hydrogens (tertiary/aromatic N) is 1. The van der Waals surface area contributed by atoms with Crippen LogP contribution in [0.1, 0.15) is 51.2 Å². The second-order valence-corrected chi connectivity index (χ2v) is 7.10. The van der Waals surface area contributed by atoms with Gasteiger partial charge >= 0.3 is 0 Å². The summed E-state index contributed by atoms with van der Waals surface area (Å²) in [6.07, 6.45) is 3.55. The Morgan fingerprint density at radius 2 is 2.00 bits per heavy atom. The van der Waals surface area contributed by atoms with Gasteiger partial charge in [0.15, 0.2) is 0 Å². The van der Waals surface area contributed by atoms with Gasteiger partial charge < -0.3 is 9.84 Å². The molecule has 1 aromatic carbocycles. The molecule has 0 amide bonds. The molecular weight excluding hydrogens is 282 g/mol. The predicted octanol–water partition coefficient (Wildman–Crippen LogP) is 3.61. The lowest BCUT2D eigenvalue weighted by molar-refractivity contribution is -0.384. The highest BCUT2D eigenvalue weighted by Gasteiger charge is 2.47. The molecule has 0 radical (unpaired) electrons. The van der Waals surface area contributed by atoms with Gasteiger partial charge in [0.1, 0.15) is 0 Å². The average molecular weight is 305 g/mol. The van der Waals surface area contributed by atoms with Crippen LogP contribution in [-0.4, -0.2) is 21.7 Å². The first-order valence-electron chi connectivity index (χ1n) is 7.99. The maximum absolute atomic E-state index is 10.8. The van der Waals surface area contributed by atoms with E-state index in [1.807, 2.05) is 6.92 Å². The van der Waals surface area contributed by atoms with Crippen molar-refractivity contribution in [1.29, 1.82) is 0 Å². The van der Waals surface area contributed by atoms with Gasteiger partial charge in [-0.3, -0.25) is 10.1 Å². The molecule has 0 bridgehead atoms. The standard InChI is InChI=1S/C17H23NO4/c1-11-3-8-14-15(9-11)22-16(10-17(14,2)19)12-4-6-13(7-5-12)18(20)21/h4-7,11,14-16,19H,3,8-10H2,1-2H3/t11-,14-,15-,16-,17-/m1/s1. The van der Waals surface area contributed by atoms with E-state index >= 15 is 0 Å². The highest BCUT2D eigenvalue weighted by atomic mass is 16.6. The molecule has 1 aromatic rings. The Labute approximate surface area is 130 Å². The quantitative estimate of drug-likeness (QED) is 0.669. The van der Waals surface area contributed by atoms with Crippen molar-refractivity contribution >= 4 is 5.69 Å². The van der Waals surface area contributed by atoms with Crippen molar-refractivity contribution in [2.24, 2.45) is 11.8 Å². The van der Waals surface area contributed by atoms with E-state index in [9.17, 15) is 15.2 Å². The molecule has 3 rings (SSSR count). The topological polar surface area (TPSA) is 72.6 Å². The number of rotatable bonds is 2. The predicted molar refractivity (Wildman–Crippen MR) is 82.5 cm³/mol. The van der Waals surface area contributed by atoms with Crippen LogP contribution in [0.5, 0.6) is 0 Å². The van der Waals surface area contributed by atoms with Crippen molar-refractivity contribution < 1.29 is 14.8 Å². The third-order valence-electron chi connectivity index (χ3n) is 5.27. The van der Waals surface area contributed by atoms with Gasteiger partial charge in [0.05, 0.1) is 22.7 Å². The van der Waals surface area contributed by atoms with Crippen molar-refractivity contribution in [2.45, 2.75) is 57.3 Å². The first kappa shape index (κ1) is 15.4. The van der Waals surface area contributed by atoms with Crippen LogP contribution in [0.25, 0.3) is 0 Å². The molecule has 0 unspecified atom stereocenters. The number of hydrogen-bond donors (Lipinski definition) is 1. The maximum Gasteiger partial charge on any atom is 0.269 e. The molecule has 1 aliphatic carbocycles. The van der Waals surface area contributed by atoms with Crippen LogP contribution in [0.15, 0.2) is 24.3 Å². The van der Waals surface area contributed by atoms with Crippen LogP contribution in [0, 0.1) is 22.0 Å². The summed E-state index contributed by atoms with van der Waals surface area (Å²) >= 11 is 0. The molecule has 0 spiro atoms. The summed E-state index contributed by atoms with van der Waals surface area (Å²) in [5, 5.41) is 21.6. The second-order valence-electron chi connectivity index (χ2n) is 7.10. The van der Waals surface area contributed by atoms with Crippen LogP contribution in [0.4, 0.5) is 5.69 Å². The van der Waals surface area contributed by atoms with Crippen LogP contribution in [0.2, 0.25) is 0 Å². The Morgan fingerprint density at radius 1 is 1.32 bits per heavy atom. The molecule has 5 nitrogen and oxygen atoms in total. The Balaban J connectivity index is 1.81. The van der Waals surface area contributed by atoms with Crippen molar-refractivity contribution in [3.63, 3.8) is 0 Å². The van der Waals surface area contributed by atoms with Crippen LogP contribution < -0.4 is 0 Å². The van der Waals surface area contributed by atoms with E-state index in [-0.39, 0.29) is 23.8 Å². The normalized spacial score (nSPS) is 38.3. The van der Waals surface area contributed by atoms with E-state index < -0.39 is 10.5 Å². The minimum Gasteiger partial charge on any atom is -0.390 e. The molecule has 5 atom stereocenters. The maximum atomic E-state index is 10.8. The molecule has 22 heavy (non-hydrogen) atoms. The second kappa shape index (κ2) is 5.63. The van der Waals surface area contributed by atoms with Crippen molar-refractivity contribution in [3.8, 4) is 0 Å². The monoisotopic (exact) mass is 305 g/mol. The van der Waals surface area contributed by atoms with E-state index in [1.165, 1.54) is 12.1 Å². The van der Waals surface area contributed by atoms with E-state index in [0.717, 1.165) is 24.8 Å². The van der Waals surface area contributed by atoms with E-state index in [2.05, 4.69) is 6.92 Å². The molecule has 1 N–H and O–H groups in total. The van der Waals surface area contributed by atoms with Crippen LogP contribution >= 0.6 is 0 Å². The van der Waals surface area contributed by atoms with Crippen molar-refractivity contribution in [3.05, 3.63) is 39.9 Å². The summed E-state index contributed by atoms with van der Waals surface area (Å²) in [5.74, 6) is 0.811. The smallest absolute Gasteiger partial charge is 0.269 e. The molecule has 1 aliphatic heterocycles. The minimum absolute atomic E-state index is 0.0766. The molecule has 5 heteroatoms. The molecule has 2 aliphatic rings. The summed E-state index contributed by atoms with van der Waals surface area (Å²) in [7, 11) is 0. The Hall–Kier alpha value is -1.46. The SMILES string of the molecule is C[C@@H]1CC[C@@H]2[C@@H](C1)O[C@@H](c1ccc([N+](=O)[O-])cc1)C[C@@]2(C)O. The lowest BCUT2D eigenvalue weighted by Gasteiger charge is -2.49. The zero-order valence-corrected chi connectivity index (χ0v) is 13.1. The Morgan fingerprint density at radius 3 is 2.64 bits per heavy atom. The van der Waals surface area contributed by atoms with Crippen LogP contribution in [0.3, 0.4) is 0 Å².